The van der Waals surface area contributed by atoms with Gasteiger partial charge in [-0.15, -0.1) is 6.58 Å². The smallest absolute Gasteiger partial charge is 0.238 e. The molecule has 0 aliphatic heterocycles. The van der Waals surface area contributed by atoms with Crippen molar-refractivity contribution in [1.82, 2.24) is 10.9 Å². The lowest BCUT2D eigenvalue weighted by atomic mass is 10.00. The molecule has 0 fully saturated rings. The average molecular weight is 437 g/mol. The number of nitrogens with two attached hydrogens (primary N) is 2. The molecule has 7 nitrogen and oxygen atoms in total. The van der Waals surface area contributed by atoms with Crippen LogP contribution in [0.5, 0.6) is 0 Å². The van der Waals surface area contributed by atoms with Gasteiger partial charge in [-0.1, -0.05) is 5.57 Å². The summed E-state index contributed by atoms with van der Waals surface area (Å²) in [6.07, 6.45) is 0.795. The summed E-state index contributed by atoms with van der Waals surface area (Å²) in [4.78, 5) is 34.6. The van der Waals surface area contributed by atoms with Crippen molar-refractivity contribution >= 4 is 52.9 Å². The molecule has 0 saturated carbocycles. The zero-order valence-corrected chi connectivity index (χ0v) is 18.6. The molecule has 2 atom stereocenters. The van der Waals surface area contributed by atoms with Crippen LogP contribution >= 0.6 is 35.3 Å². The highest BCUT2D eigenvalue weighted by Gasteiger charge is 2.20. The number of hydrazine groups is 2. The van der Waals surface area contributed by atoms with Crippen molar-refractivity contribution in [3.05, 3.63) is 12.2 Å². The number of thioether (sulfide) groups is 3. The molecule has 0 spiro atoms. The predicted molar refractivity (Wildman–Crippen MR) is 118 cm³/mol. The molecule has 10 heteroatoms. The molecule has 0 saturated heterocycles. The lowest BCUT2D eigenvalue weighted by Gasteiger charge is -2.14. The molecule has 0 rings (SSSR count). The Morgan fingerprint density at radius 1 is 0.852 bits per heavy atom. The summed E-state index contributed by atoms with van der Waals surface area (Å²) in [6, 6.07) is 0. The number of carbonyl (C=O) groups is 3. The van der Waals surface area contributed by atoms with Crippen LogP contribution in [0.3, 0.4) is 0 Å². The van der Waals surface area contributed by atoms with E-state index in [0.717, 1.165) is 40.8 Å². The number of amides is 2. The van der Waals surface area contributed by atoms with Crippen LogP contribution in [0.15, 0.2) is 12.2 Å². The third kappa shape index (κ3) is 14.0. The van der Waals surface area contributed by atoms with E-state index in [1.807, 2.05) is 24.1 Å². The maximum absolute atomic E-state index is 11.7. The van der Waals surface area contributed by atoms with E-state index in [9.17, 15) is 14.4 Å². The van der Waals surface area contributed by atoms with Crippen molar-refractivity contribution in [1.29, 1.82) is 0 Å². The number of nitrogens with one attached hydrogen (secondary N) is 2. The Bertz CT molecular complexity index is 492. The Hall–Kier alpha value is -0.680. The first kappa shape index (κ1) is 26.3. The van der Waals surface area contributed by atoms with Gasteiger partial charge in [-0.05, 0) is 20.3 Å². The molecular weight excluding hydrogens is 404 g/mol. The zero-order valence-electron chi connectivity index (χ0n) is 16.1. The van der Waals surface area contributed by atoms with Gasteiger partial charge in [0.1, 0.15) is 5.78 Å². The van der Waals surface area contributed by atoms with Gasteiger partial charge in [0.05, 0.1) is 5.92 Å². The summed E-state index contributed by atoms with van der Waals surface area (Å²) in [5.41, 5.74) is 5.17. The molecule has 0 aromatic rings. The Kier molecular flexibility index (Phi) is 15.9. The van der Waals surface area contributed by atoms with Gasteiger partial charge in [-0.3, -0.25) is 25.2 Å². The van der Waals surface area contributed by atoms with E-state index < -0.39 is 5.92 Å². The van der Waals surface area contributed by atoms with E-state index in [1.54, 1.807) is 30.4 Å². The summed E-state index contributed by atoms with van der Waals surface area (Å²) < 4.78 is 0. The first-order chi connectivity index (χ1) is 12.8. The predicted octanol–water partition coefficient (Wildman–Crippen LogP) is 1.34. The average Bonchev–Trinajstić information content (AvgIpc) is 2.63. The minimum absolute atomic E-state index is 0.0256. The summed E-state index contributed by atoms with van der Waals surface area (Å²) in [5.74, 6) is 14.5. The van der Waals surface area contributed by atoms with E-state index >= 15 is 0 Å². The van der Waals surface area contributed by atoms with Gasteiger partial charge in [-0.25, -0.2) is 11.7 Å². The van der Waals surface area contributed by atoms with Gasteiger partial charge in [0.2, 0.25) is 11.8 Å². The van der Waals surface area contributed by atoms with Crippen molar-refractivity contribution in [3.8, 4) is 0 Å². The summed E-state index contributed by atoms with van der Waals surface area (Å²) >= 11 is 5.26. The summed E-state index contributed by atoms with van der Waals surface area (Å²) in [7, 11) is 0. The normalized spacial score (nSPS) is 12.9. The van der Waals surface area contributed by atoms with Crippen LogP contribution in [0.1, 0.15) is 26.7 Å². The lowest BCUT2D eigenvalue weighted by Crippen LogP contribution is -2.40. The number of hydrogen-bond donors (Lipinski definition) is 4. The van der Waals surface area contributed by atoms with E-state index in [-0.39, 0.29) is 29.9 Å². The van der Waals surface area contributed by atoms with Gasteiger partial charge < -0.3 is 0 Å². The quantitative estimate of drug-likeness (QED) is 0.0938. The maximum Gasteiger partial charge on any atom is 0.238 e. The Morgan fingerprint density at radius 2 is 1.37 bits per heavy atom. The van der Waals surface area contributed by atoms with Crippen molar-refractivity contribution in [2.75, 3.05) is 34.5 Å². The van der Waals surface area contributed by atoms with Gasteiger partial charge in [0.25, 0.3) is 0 Å². The molecule has 0 aliphatic rings. The summed E-state index contributed by atoms with van der Waals surface area (Å²) in [6.45, 7) is 7.49. The standard InChI is InChI=1S/C17H32N4O3S3/c1-12(2)8-14(13(3)22)10-26-6-4-25-5-7-27-11-15(17(24)21-19)9-16(23)20-18/h14-15H,1,4-11,18-19H2,2-3H3,(H,20,23)(H,21,24). The van der Waals surface area contributed by atoms with Gasteiger partial charge in [0.15, 0.2) is 0 Å². The lowest BCUT2D eigenvalue weighted by molar-refractivity contribution is -0.129. The number of Topliss-reactive ketones (excluding diaryl/α,β-unsaturated/α-hetero) is 1. The van der Waals surface area contributed by atoms with Crippen LogP contribution in [0.25, 0.3) is 0 Å². The van der Waals surface area contributed by atoms with Crippen LogP contribution in [0.2, 0.25) is 0 Å². The van der Waals surface area contributed by atoms with Crippen LogP contribution in [0, 0.1) is 11.8 Å². The Balaban J connectivity index is 3.83. The number of ketones is 1. The molecular formula is C17H32N4O3S3. The largest absolute Gasteiger partial charge is 0.300 e. The topological polar surface area (TPSA) is 127 Å². The van der Waals surface area contributed by atoms with Crippen LogP contribution < -0.4 is 22.5 Å². The molecule has 27 heavy (non-hydrogen) atoms. The first-order valence-electron chi connectivity index (χ1n) is 8.69. The molecule has 0 aliphatic carbocycles. The Labute approximate surface area is 174 Å². The molecule has 0 aromatic carbocycles. The molecule has 2 unspecified atom stereocenters. The summed E-state index contributed by atoms with van der Waals surface area (Å²) in [5, 5.41) is 0. The van der Waals surface area contributed by atoms with Gasteiger partial charge >= 0.3 is 0 Å². The second-order valence-corrected chi connectivity index (χ2v) is 9.73. The third-order valence-corrected chi connectivity index (χ3v) is 7.42. The highest BCUT2D eigenvalue weighted by molar-refractivity contribution is 8.04. The number of hydrogen-bond acceptors (Lipinski definition) is 8. The number of carbonyl (C=O) groups excluding carboxylic acids is 3. The molecule has 2 amide bonds. The zero-order chi connectivity index (χ0) is 20.7. The van der Waals surface area contributed by atoms with Crippen LogP contribution in [-0.2, 0) is 14.4 Å². The maximum atomic E-state index is 11.7. The number of rotatable bonds is 16. The molecule has 0 bridgehead atoms. The van der Waals surface area contributed by atoms with Crippen molar-refractivity contribution in [2.24, 2.45) is 23.5 Å². The van der Waals surface area contributed by atoms with E-state index in [1.165, 1.54) is 0 Å². The molecule has 6 N–H and O–H groups in total. The molecule has 0 heterocycles. The molecule has 0 aromatic heterocycles. The fraction of sp³-hybridized carbons (Fsp3) is 0.706. The minimum Gasteiger partial charge on any atom is -0.300 e. The Morgan fingerprint density at radius 3 is 1.81 bits per heavy atom. The molecule has 156 valence electrons. The van der Waals surface area contributed by atoms with Gasteiger partial charge in [-0.2, -0.15) is 35.3 Å². The van der Waals surface area contributed by atoms with Crippen molar-refractivity contribution in [3.63, 3.8) is 0 Å². The fourth-order valence-corrected chi connectivity index (χ4v) is 5.77. The van der Waals surface area contributed by atoms with Crippen molar-refractivity contribution < 1.29 is 14.4 Å². The fourth-order valence-electron chi connectivity index (χ4n) is 2.16. The third-order valence-electron chi connectivity index (χ3n) is 3.66. The second-order valence-electron chi connectivity index (χ2n) is 6.21. The molecule has 0 radical (unpaired) electrons. The van der Waals surface area contributed by atoms with Gasteiger partial charge in [0, 0.05) is 46.9 Å². The second kappa shape index (κ2) is 16.3. The van der Waals surface area contributed by atoms with E-state index in [4.69, 9.17) is 11.7 Å². The first-order valence-corrected chi connectivity index (χ1v) is 12.2. The van der Waals surface area contributed by atoms with E-state index in [2.05, 4.69) is 12.0 Å². The van der Waals surface area contributed by atoms with Crippen LogP contribution in [0.4, 0.5) is 0 Å². The number of allylic oxidation sites excluding steroid dienone is 1. The van der Waals surface area contributed by atoms with Crippen LogP contribution in [-0.4, -0.2) is 52.1 Å². The highest BCUT2D eigenvalue weighted by Crippen LogP contribution is 2.19. The minimum atomic E-state index is -0.485. The van der Waals surface area contributed by atoms with Crippen molar-refractivity contribution in [2.45, 2.75) is 26.7 Å². The monoisotopic (exact) mass is 436 g/mol. The van der Waals surface area contributed by atoms with E-state index in [0.29, 0.717) is 5.75 Å². The SMILES string of the molecule is C=C(C)CC(CSCCSCCSCC(CC(=O)NN)C(=O)NN)C(C)=O. The highest BCUT2D eigenvalue weighted by atomic mass is 32.2.